The number of anilines is 1. The largest absolute Gasteiger partial charge is 0.506 e. The van der Waals surface area contributed by atoms with Crippen molar-refractivity contribution in [3.8, 4) is 17.2 Å². The molecule has 7 nitrogen and oxygen atoms in total. The van der Waals surface area contributed by atoms with Gasteiger partial charge in [0.2, 0.25) is 5.91 Å². The predicted octanol–water partition coefficient (Wildman–Crippen LogP) is 6.53. The van der Waals surface area contributed by atoms with Crippen LogP contribution in [0.2, 0.25) is 0 Å². The van der Waals surface area contributed by atoms with Crippen LogP contribution in [0, 0.1) is 5.92 Å². The van der Waals surface area contributed by atoms with Crippen LogP contribution < -0.4 is 20.5 Å². The van der Waals surface area contributed by atoms with Gasteiger partial charge in [0.05, 0.1) is 38.2 Å². The Kier molecular flexibility index (Phi) is 9.99. The first-order valence-corrected chi connectivity index (χ1v) is 13.7. The Morgan fingerprint density at radius 1 is 0.917 bits per heavy atom. The van der Waals surface area contributed by atoms with E-state index in [9.17, 15) is 14.7 Å². The van der Waals surface area contributed by atoms with E-state index in [0.717, 1.165) is 5.56 Å². The first kappa shape index (κ1) is 28.6. The minimum Gasteiger partial charge on any atom is -0.506 e. The Hall–Kier alpha value is -1.92. The number of aromatic hydroxyl groups is 1. The van der Waals surface area contributed by atoms with Crippen LogP contribution in [0.5, 0.6) is 17.2 Å². The van der Waals surface area contributed by atoms with Crippen LogP contribution in [0.25, 0.3) is 0 Å². The second-order valence-corrected chi connectivity index (χ2v) is 11.2. The molecule has 0 fully saturated rings. The number of hydrogen-bond donors (Lipinski definition) is 3. The maximum atomic E-state index is 13.6. The summed E-state index contributed by atoms with van der Waals surface area (Å²) in [5.74, 6) is -0.867. The molecule has 0 aliphatic carbocycles. The van der Waals surface area contributed by atoms with E-state index >= 15 is 0 Å². The molecule has 0 spiro atoms. The standard InChI is InChI=1S/C25H22Br4N2O5/c1-35-15-5-3-13(4-6-15)21(30)22(32)16(7-12-8-19(28)24(36-2)20(29)9-12)25(34)31-14-10-17(26)23(33)18(27)11-14/h3-6,8-11,16,21,33H,7,30H2,1-2H3,(H,31,34). The van der Waals surface area contributed by atoms with Crippen molar-refractivity contribution in [3.63, 3.8) is 0 Å². The van der Waals surface area contributed by atoms with Gasteiger partial charge in [-0.25, -0.2) is 0 Å². The first-order chi connectivity index (χ1) is 17.0. The van der Waals surface area contributed by atoms with Crippen molar-refractivity contribution in [2.24, 2.45) is 11.7 Å². The Bertz CT molecular complexity index is 1240. The van der Waals surface area contributed by atoms with Crippen molar-refractivity contribution in [1.29, 1.82) is 0 Å². The number of amides is 1. The van der Waals surface area contributed by atoms with Crippen LogP contribution in [0.15, 0.2) is 66.4 Å². The van der Waals surface area contributed by atoms with Gasteiger partial charge in [-0.2, -0.15) is 0 Å². The minimum atomic E-state index is -1.11. The molecule has 3 rings (SSSR count). The van der Waals surface area contributed by atoms with Gasteiger partial charge in [0, 0.05) is 5.69 Å². The Morgan fingerprint density at radius 2 is 1.47 bits per heavy atom. The van der Waals surface area contributed by atoms with Crippen LogP contribution in [0.3, 0.4) is 0 Å². The van der Waals surface area contributed by atoms with E-state index in [0.29, 0.717) is 40.6 Å². The van der Waals surface area contributed by atoms with Gasteiger partial charge >= 0.3 is 0 Å². The number of rotatable bonds is 9. The van der Waals surface area contributed by atoms with Gasteiger partial charge in [-0.15, -0.1) is 0 Å². The fourth-order valence-corrected chi connectivity index (χ4v) is 6.33. The third-order valence-corrected chi connectivity index (χ3v) is 7.81. The summed E-state index contributed by atoms with van der Waals surface area (Å²) in [6, 6.07) is 12.5. The molecule has 0 aliphatic rings. The van der Waals surface area contributed by atoms with Gasteiger partial charge in [-0.3, -0.25) is 9.59 Å². The second-order valence-electron chi connectivity index (χ2n) is 7.78. The van der Waals surface area contributed by atoms with E-state index in [1.807, 2.05) is 0 Å². The lowest BCUT2D eigenvalue weighted by Gasteiger charge is -2.21. The number of halogens is 4. The lowest BCUT2D eigenvalue weighted by atomic mass is 9.88. The third kappa shape index (κ3) is 6.69. The summed E-state index contributed by atoms with van der Waals surface area (Å²) in [6.45, 7) is 0. The summed E-state index contributed by atoms with van der Waals surface area (Å²) in [5, 5.41) is 12.8. The van der Waals surface area contributed by atoms with Crippen molar-refractivity contribution in [1.82, 2.24) is 0 Å². The Labute approximate surface area is 242 Å². The van der Waals surface area contributed by atoms with Gasteiger partial charge in [0.15, 0.2) is 5.78 Å². The number of nitrogens with one attached hydrogen (secondary N) is 1. The summed E-state index contributed by atoms with van der Waals surface area (Å²) < 4.78 is 12.6. The van der Waals surface area contributed by atoms with Crippen molar-refractivity contribution in [2.45, 2.75) is 12.5 Å². The molecular formula is C25H22Br4N2O5. The number of carbonyl (C=O) groups is 2. The maximum absolute atomic E-state index is 13.6. The number of nitrogens with two attached hydrogens (primary N) is 1. The van der Waals surface area contributed by atoms with Gasteiger partial charge in [-0.1, -0.05) is 12.1 Å². The highest BCUT2D eigenvalue weighted by Crippen LogP contribution is 2.37. The lowest BCUT2D eigenvalue weighted by Crippen LogP contribution is -2.37. The SMILES string of the molecule is COc1ccc(C(N)C(=O)C(Cc2cc(Br)c(OC)c(Br)c2)C(=O)Nc2cc(Br)c(O)c(Br)c2)cc1. The Balaban J connectivity index is 1.96. The van der Waals surface area contributed by atoms with E-state index in [1.54, 1.807) is 62.8 Å². The van der Waals surface area contributed by atoms with Gasteiger partial charge < -0.3 is 25.6 Å². The average Bonchev–Trinajstić information content (AvgIpc) is 2.84. The molecule has 2 atom stereocenters. The smallest absolute Gasteiger partial charge is 0.235 e. The minimum absolute atomic E-state index is 0.00455. The van der Waals surface area contributed by atoms with Crippen molar-refractivity contribution < 1.29 is 24.2 Å². The highest BCUT2D eigenvalue weighted by molar-refractivity contribution is 9.11. The molecule has 0 radical (unpaired) electrons. The molecule has 1 amide bonds. The number of benzene rings is 3. The number of ketones is 1. The second kappa shape index (κ2) is 12.6. The van der Waals surface area contributed by atoms with Crippen molar-refractivity contribution >= 4 is 81.1 Å². The average molecular weight is 750 g/mol. The highest BCUT2D eigenvalue weighted by atomic mass is 79.9. The van der Waals surface area contributed by atoms with Crippen LogP contribution in [-0.4, -0.2) is 31.0 Å². The number of phenols is 1. The lowest BCUT2D eigenvalue weighted by molar-refractivity contribution is -0.132. The number of phenolic OH excluding ortho intramolecular Hbond substituents is 1. The molecule has 0 bridgehead atoms. The van der Waals surface area contributed by atoms with E-state index in [1.165, 1.54) is 0 Å². The fourth-order valence-electron chi connectivity index (χ4n) is 3.54. The summed E-state index contributed by atoms with van der Waals surface area (Å²) in [5.41, 5.74) is 8.01. The molecular weight excluding hydrogens is 728 g/mol. The molecule has 3 aromatic rings. The molecule has 0 saturated carbocycles. The van der Waals surface area contributed by atoms with Crippen LogP contribution >= 0.6 is 63.7 Å². The molecule has 0 saturated heterocycles. The molecule has 190 valence electrons. The zero-order valence-electron chi connectivity index (χ0n) is 19.2. The van der Waals surface area contributed by atoms with Crippen molar-refractivity contribution in [2.75, 3.05) is 19.5 Å². The summed E-state index contributed by atoms with van der Waals surface area (Å²) in [4.78, 5) is 27.0. The molecule has 3 aromatic carbocycles. The topological polar surface area (TPSA) is 111 Å². The normalized spacial score (nSPS) is 12.5. The first-order valence-electron chi connectivity index (χ1n) is 10.5. The van der Waals surface area contributed by atoms with Crippen LogP contribution in [0.1, 0.15) is 17.2 Å². The van der Waals surface area contributed by atoms with Crippen LogP contribution in [0.4, 0.5) is 5.69 Å². The molecule has 0 aromatic heterocycles. The number of ether oxygens (including phenoxy) is 2. The Morgan fingerprint density at radius 3 is 1.97 bits per heavy atom. The van der Waals surface area contributed by atoms with Crippen LogP contribution in [-0.2, 0) is 16.0 Å². The number of Topliss-reactive ketones (excluding diaryl/α,β-unsaturated/α-hetero) is 1. The van der Waals surface area contributed by atoms with E-state index in [-0.39, 0.29) is 12.2 Å². The molecule has 11 heteroatoms. The molecule has 0 heterocycles. The number of carbonyl (C=O) groups excluding carboxylic acids is 2. The zero-order valence-corrected chi connectivity index (χ0v) is 25.5. The quantitative estimate of drug-likeness (QED) is 0.170. The number of methoxy groups -OCH3 is 2. The van der Waals surface area contributed by atoms with Crippen molar-refractivity contribution in [3.05, 3.63) is 77.5 Å². The molecule has 2 unspecified atom stereocenters. The molecule has 4 N–H and O–H groups in total. The van der Waals surface area contributed by atoms with E-state index in [4.69, 9.17) is 15.2 Å². The predicted molar refractivity (Wildman–Crippen MR) is 153 cm³/mol. The zero-order chi connectivity index (χ0) is 26.6. The van der Waals surface area contributed by atoms with Gasteiger partial charge in [0.25, 0.3) is 0 Å². The molecule has 36 heavy (non-hydrogen) atoms. The van der Waals surface area contributed by atoms with E-state index in [2.05, 4.69) is 69.0 Å². The summed E-state index contributed by atoms with van der Waals surface area (Å²) >= 11 is 13.4. The monoisotopic (exact) mass is 746 g/mol. The fraction of sp³-hybridized carbons (Fsp3) is 0.200. The van der Waals surface area contributed by atoms with E-state index < -0.39 is 23.7 Å². The highest BCUT2D eigenvalue weighted by Gasteiger charge is 2.32. The number of hydrogen-bond acceptors (Lipinski definition) is 6. The summed E-state index contributed by atoms with van der Waals surface area (Å²) in [7, 11) is 3.09. The third-order valence-electron chi connectivity index (χ3n) is 5.43. The summed E-state index contributed by atoms with van der Waals surface area (Å²) in [6.07, 6.45) is 0.0934. The van der Waals surface area contributed by atoms with Gasteiger partial charge in [-0.05, 0) is 118 Å². The van der Waals surface area contributed by atoms with Gasteiger partial charge in [0.1, 0.15) is 23.2 Å². The molecule has 0 aliphatic heterocycles. The maximum Gasteiger partial charge on any atom is 0.235 e.